The third kappa shape index (κ3) is 4.65. The first-order valence-corrected chi connectivity index (χ1v) is 16.4. The van der Waals surface area contributed by atoms with Gasteiger partial charge in [-0.2, -0.15) is 0 Å². The number of rotatable bonds is 4. The maximum Gasteiger partial charge on any atom is 0.164 e. The summed E-state index contributed by atoms with van der Waals surface area (Å²) in [5.74, 6) is 1.84. The van der Waals surface area contributed by atoms with Crippen molar-refractivity contribution in [1.29, 1.82) is 0 Å². The third-order valence-corrected chi connectivity index (χ3v) is 9.52. The maximum atomic E-state index is 6.24. The van der Waals surface area contributed by atoms with E-state index in [9.17, 15) is 0 Å². The highest BCUT2D eigenvalue weighted by molar-refractivity contribution is 6.08. The molecule has 0 amide bonds. The summed E-state index contributed by atoms with van der Waals surface area (Å²) in [6, 6.07) is 57.1. The second-order valence-corrected chi connectivity index (χ2v) is 12.4. The van der Waals surface area contributed by atoms with Gasteiger partial charge < -0.3 is 4.42 Å². The lowest BCUT2D eigenvalue weighted by Gasteiger charge is -2.11. The van der Waals surface area contributed by atoms with Crippen LogP contribution >= 0.6 is 0 Å². The summed E-state index contributed by atoms with van der Waals surface area (Å²) in [6.07, 6.45) is 0. The van der Waals surface area contributed by atoms with Gasteiger partial charge in [-0.3, -0.25) is 0 Å². The Labute approximate surface area is 282 Å². The first-order chi connectivity index (χ1) is 24.2. The standard InChI is InChI=1S/C45H27N3O/c1-3-11-35-28(8-1)10-7-14-37(35)30-16-19-31(20-17-30)43-46-44(33-22-24-38-32(26-33)21-18-29-9-2-4-12-36(29)38)48-45(47-43)34-23-25-40-39-13-5-6-15-41(39)49-42(40)27-34/h1-27H. The molecule has 2 heterocycles. The molecule has 0 aliphatic carbocycles. The lowest BCUT2D eigenvalue weighted by molar-refractivity contribution is 0.669. The minimum absolute atomic E-state index is 0.596. The van der Waals surface area contributed by atoms with Crippen LogP contribution in [0.1, 0.15) is 0 Å². The van der Waals surface area contributed by atoms with Gasteiger partial charge in [-0.05, 0) is 67.7 Å². The second-order valence-electron chi connectivity index (χ2n) is 12.4. The summed E-state index contributed by atoms with van der Waals surface area (Å²) < 4.78 is 6.24. The molecular formula is C45H27N3O. The molecule has 0 atom stereocenters. The van der Waals surface area contributed by atoms with Crippen LogP contribution in [0.2, 0.25) is 0 Å². The first kappa shape index (κ1) is 27.5. The fourth-order valence-electron chi connectivity index (χ4n) is 7.06. The maximum absolute atomic E-state index is 6.24. The molecule has 2 aromatic heterocycles. The van der Waals surface area contributed by atoms with Crippen molar-refractivity contribution in [1.82, 2.24) is 15.0 Å². The molecule has 0 spiro atoms. The van der Waals surface area contributed by atoms with Crippen LogP contribution < -0.4 is 0 Å². The summed E-state index contributed by atoms with van der Waals surface area (Å²) in [6.45, 7) is 0. The molecule has 0 aliphatic heterocycles. The quantitative estimate of drug-likeness (QED) is 0.183. The Morgan fingerprint density at radius 1 is 0.306 bits per heavy atom. The van der Waals surface area contributed by atoms with Gasteiger partial charge in [0, 0.05) is 27.5 Å². The van der Waals surface area contributed by atoms with Crippen LogP contribution in [0.3, 0.4) is 0 Å². The molecule has 0 saturated heterocycles. The third-order valence-electron chi connectivity index (χ3n) is 9.52. The van der Waals surface area contributed by atoms with E-state index in [1.54, 1.807) is 0 Å². The average molecular weight is 626 g/mol. The number of furan rings is 1. The van der Waals surface area contributed by atoms with Gasteiger partial charge in [0.05, 0.1) is 0 Å². The summed E-state index contributed by atoms with van der Waals surface area (Å²) in [5.41, 5.74) is 6.74. The van der Waals surface area contributed by atoms with Crippen LogP contribution in [-0.2, 0) is 0 Å². The highest BCUT2D eigenvalue weighted by atomic mass is 16.3. The molecule has 0 fully saturated rings. The predicted molar refractivity (Wildman–Crippen MR) is 201 cm³/mol. The summed E-state index contributed by atoms with van der Waals surface area (Å²) in [5, 5.41) is 9.41. The molecule has 4 nitrogen and oxygen atoms in total. The Kier molecular flexibility index (Phi) is 6.15. The van der Waals surface area contributed by atoms with Crippen molar-refractivity contribution < 1.29 is 4.42 Å². The molecule has 0 unspecified atom stereocenters. The molecule has 4 heteroatoms. The molecule has 228 valence electrons. The Morgan fingerprint density at radius 3 is 1.61 bits per heavy atom. The number of fused-ring (bicyclic) bond motifs is 7. The zero-order valence-electron chi connectivity index (χ0n) is 26.3. The van der Waals surface area contributed by atoms with Gasteiger partial charge in [-0.25, -0.2) is 15.0 Å². The van der Waals surface area contributed by atoms with Crippen LogP contribution in [0.15, 0.2) is 168 Å². The summed E-state index contributed by atoms with van der Waals surface area (Å²) in [4.78, 5) is 15.2. The van der Waals surface area contributed by atoms with Gasteiger partial charge in [0.25, 0.3) is 0 Å². The van der Waals surface area contributed by atoms with Crippen LogP contribution in [-0.4, -0.2) is 15.0 Å². The molecule has 0 radical (unpaired) electrons. The second kappa shape index (κ2) is 11.0. The Balaban J connectivity index is 1.13. The lowest BCUT2D eigenvalue weighted by atomic mass is 9.97. The molecule has 0 bridgehead atoms. The van der Waals surface area contributed by atoms with E-state index in [-0.39, 0.29) is 0 Å². The SMILES string of the molecule is c1ccc2c(-c3ccc(-c4nc(-c5ccc6c(ccc7ccccc76)c5)nc(-c5ccc6c(c5)oc5ccccc56)n4)cc3)cccc2c1. The summed E-state index contributed by atoms with van der Waals surface area (Å²) in [7, 11) is 0. The van der Waals surface area contributed by atoms with E-state index < -0.39 is 0 Å². The Morgan fingerprint density at radius 2 is 0.816 bits per heavy atom. The van der Waals surface area contributed by atoms with Crippen LogP contribution in [0, 0.1) is 0 Å². The molecule has 0 N–H and O–H groups in total. The van der Waals surface area contributed by atoms with E-state index in [1.807, 2.05) is 24.3 Å². The van der Waals surface area contributed by atoms with Crippen LogP contribution in [0.5, 0.6) is 0 Å². The van der Waals surface area contributed by atoms with Gasteiger partial charge in [0.1, 0.15) is 11.2 Å². The van der Waals surface area contributed by atoms with Crippen molar-refractivity contribution in [2.75, 3.05) is 0 Å². The van der Waals surface area contributed by atoms with E-state index in [1.165, 1.54) is 32.5 Å². The topological polar surface area (TPSA) is 51.8 Å². The summed E-state index contributed by atoms with van der Waals surface area (Å²) >= 11 is 0. The largest absolute Gasteiger partial charge is 0.456 e. The van der Waals surface area contributed by atoms with Crippen molar-refractivity contribution in [2.24, 2.45) is 0 Å². The number of benzene rings is 8. The van der Waals surface area contributed by atoms with E-state index in [0.717, 1.165) is 49.6 Å². The zero-order valence-corrected chi connectivity index (χ0v) is 26.3. The normalized spacial score (nSPS) is 11.7. The van der Waals surface area contributed by atoms with E-state index in [0.29, 0.717) is 17.5 Å². The minimum Gasteiger partial charge on any atom is -0.456 e. The van der Waals surface area contributed by atoms with Crippen molar-refractivity contribution in [3.05, 3.63) is 164 Å². The fraction of sp³-hybridized carbons (Fsp3) is 0. The van der Waals surface area contributed by atoms with E-state index in [4.69, 9.17) is 19.4 Å². The average Bonchev–Trinajstić information content (AvgIpc) is 3.55. The highest BCUT2D eigenvalue weighted by Crippen LogP contribution is 2.35. The Bertz CT molecular complexity index is 2880. The lowest BCUT2D eigenvalue weighted by Crippen LogP contribution is -2.00. The highest BCUT2D eigenvalue weighted by Gasteiger charge is 2.16. The van der Waals surface area contributed by atoms with Crippen LogP contribution in [0.25, 0.3) is 99.5 Å². The Hall–Kier alpha value is -6.65. The molecule has 0 aliphatic rings. The molecule has 0 saturated carbocycles. The fourth-order valence-corrected chi connectivity index (χ4v) is 7.06. The smallest absolute Gasteiger partial charge is 0.164 e. The van der Waals surface area contributed by atoms with Crippen molar-refractivity contribution in [3.63, 3.8) is 0 Å². The first-order valence-electron chi connectivity index (χ1n) is 16.4. The van der Waals surface area contributed by atoms with Gasteiger partial charge in [-0.15, -0.1) is 0 Å². The van der Waals surface area contributed by atoms with Crippen molar-refractivity contribution >= 4 is 54.3 Å². The predicted octanol–water partition coefficient (Wildman–Crippen LogP) is 11.9. The van der Waals surface area contributed by atoms with Gasteiger partial charge in [0.2, 0.25) is 0 Å². The number of nitrogens with zero attached hydrogens (tertiary/aromatic N) is 3. The molecule has 10 rings (SSSR count). The van der Waals surface area contributed by atoms with Gasteiger partial charge in [0.15, 0.2) is 17.5 Å². The molecular weight excluding hydrogens is 599 g/mol. The number of hydrogen-bond donors (Lipinski definition) is 0. The zero-order chi connectivity index (χ0) is 32.3. The van der Waals surface area contributed by atoms with E-state index in [2.05, 4.69) is 140 Å². The number of para-hydroxylation sites is 1. The molecule has 10 aromatic rings. The van der Waals surface area contributed by atoms with Crippen molar-refractivity contribution in [2.45, 2.75) is 0 Å². The monoisotopic (exact) mass is 625 g/mol. The molecule has 49 heavy (non-hydrogen) atoms. The van der Waals surface area contributed by atoms with Gasteiger partial charge in [-0.1, -0.05) is 140 Å². The number of aromatic nitrogens is 3. The van der Waals surface area contributed by atoms with Crippen molar-refractivity contribution in [3.8, 4) is 45.3 Å². The number of hydrogen-bond acceptors (Lipinski definition) is 4. The van der Waals surface area contributed by atoms with E-state index >= 15 is 0 Å². The molecule has 8 aromatic carbocycles. The van der Waals surface area contributed by atoms with Crippen LogP contribution in [0.4, 0.5) is 0 Å². The minimum atomic E-state index is 0.596. The van der Waals surface area contributed by atoms with Gasteiger partial charge >= 0.3 is 0 Å².